The van der Waals surface area contributed by atoms with Crippen LogP contribution in [0.5, 0.6) is 17.2 Å². The third kappa shape index (κ3) is 3.54. The number of hydrogen-bond donors (Lipinski definition) is 3. The monoisotopic (exact) mass is 475 g/mol. The van der Waals surface area contributed by atoms with Gasteiger partial charge in [-0.2, -0.15) is 0 Å². The molecular weight excluding hydrogens is 440 g/mol. The van der Waals surface area contributed by atoms with E-state index in [4.69, 9.17) is 0 Å². The largest absolute Gasteiger partial charge is 0.507 e. The van der Waals surface area contributed by atoms with Crippen molar-refractivity contribution >= 4 is 12.6 Å². The highest BCUT2D eigenvalue weighted by atomic mass is 16.3. The second-order valence-electron chi connectivity index (χ2n) is 12.0. The molecule has 5 rings (SSSR count). The molecule has 3 aliphatic carbocycles. The molecule has 2 bridgehead atoms. The molecule has 2 aromatic rings. The first-order chi connectivity index (χ1) is 16.6. The predicted molar refractivity (Wildman–Crippen MR) is 134 cm³/mol. The Hall–Kier alpha value is -2.95. The molecule has 2 aromatic carbocycles. The molecule has 0 saturated heterocycles. The highest BCUT2D eigenvalue weighted by molar-refractivity contribution is 5.95. The molecule has 0 amide bonds. The average Bonchev–Trinajstić information content (AvgIpc) is 2.91. The number of aldehydes is 2. The van der Waals surface area contributed by atoms with Crippen LogP contribution in [-0.2, 0) is 0 Å². The number of aromatic hydroxyl groups is 3. The first kappa shape index (κ1) is 23.8. The Labute approximate surface area is 207 Å². The van der Waals surface area contributed by atoms with Gasteiger partial charge in [0.1, 0.15) is 23.2 Å². The summed E-state index contributed by atoms with van der Waals surface area (Å²) >= 11 is 0. The highest BCUT2D eigenvalue weighted by Crippen LogP contribution is 2.68. The molecule has 0 radical (unpaired) electrons. The highest BCUT2D eigenvalue weighted by Gasteiger charge is 2.62. The van der Waals surface area contributed by atoms with E-state index in [0.717, 1.165) is 43.6 Å². The maximum absolute atomic E-state index is 11.8. The summed E-state index contributed by atoms with van der Waals surface area (Å²) < 4.78 is 0. The first-order valence-electron chi connectivity index (χ1n) is 12.7. The molecular formula is C30H35O5+. The van der Waals surface area contributed by atoms with E-state index < -0.39 is 23.2 Å². The minimum absolute atomic E-state index is 0.0476. The molecule has 0 aliphatic heterocycles. The molecule has 3 saturated carbocycles. The summed E-state index contributed by atoms with van der Waals surface area (Å²) in [5.74, 6) is 0.922. The molecule has 184 valence electrons. The van der Waals surface area contributed by atoms with E-state index in [1.54, 1.807) is 0 Å². The van der Waals surface area contributed by atoms with Gasteiger partial charge in [-0.25, -0.2) is 0 Å². The summed E-state index contributed by atoms with van der Waals surface area (Å²) in [6.45, 7) is 7.20. The van der Waals surface area contributed by atoms with E-state index in [9.17, 15) is 24.9 Å². The van der Waals surface area contributed by atoms with Crippen molar-refractivity contribution in [3.63, 3.8) is 0 Å². The average molecular weight is 476 g/mol. The zero-order chi connectivity index (χ0) is 25.1. The SMILES string of the molecule is CC1(C)C[C@H]2[C@H]1CC[C+]1C[C@]2(C)CCC1[C@H](c1ccccc1)c1c(O)c(C=O)c(O)c(C=O)c1O. The van der Waals surface area contributed by atoms with E-state index in [1.807, 2.05) is 30.3 Å². The maximum Gasteiger partial charge on any atom is 0.157 e. The Bertz CT molecular complexity index is 1120. The van der Waals surface area contributed by atoms with Gasteiger partial charge in [-0.05, 0) is 48.5 Å². The zero-order valence-corrected chi connectivity index (χ0v) is 20.8. The van der Waals surface area contributed by atoms with Crippen LogP contribution in [0.2, 0.25) is 0 Å². The van der Waals surface area contributed by atoms with E-state index in [2.05, 4.69) is 20.8 Å². The van der Waals surface area contributed by atoms with Crippen molar-refractivity contribution in [2.75, 3.05) is 0 Å². The minimum Gasteiger partial charge on any atom is -0.507 e. The summed E-state index contributed by atoms with van der Waals surface area (Å²) in [6, 6.07) is 9.70. The summed E-state index contributed by atoms with van der Waals surface area (Å²) in [5, 5.41) is 32.7. The van der Waals surface area contributed by atoms with Crippen molar-refractivity contribution < 1.29 is 24.9 Å². The van der Waals surface area contributed by atoms with Crippen molar-refractivity contribution in [3.8, 4) is 17.2 Å². The smallest absolute Gasteiger partial charge is 0.157 e. The Morgan fingerprint density at radius 2 is 1.54 bits per heavy atom. The Kier molecular flexibility index (Phi) is 5.65. The predicted octanol–water partition coefficient (Wildman–Crippen LogP) is 6.40. The van der Waals surface area contributed by atoms with Crippen LogP contribution in [-0.4, -0.2) is 27.9 Å². The molecule has 35 heavy (non-hydrogen) atoms. The number of rotatable bonds is 5. The van der Waals surface area contributed by atoms with Gasteiger partial charge in [0.25, 0.3) is 0 Å². The molecule has 0 heterocycles. The van der Waals surface area contributed by atoms with Crippen molar-refractivity contribution in [2.45, 2.75) is 65.2 Å². The Balaban J connectivity index is 1.64. The lowest BCUT2D eigenvalue weighted by Crippen LogP contribution is -2.51. The number of hydrogen-bond acceptors (Lipinski definition) is 5. The fourth-order valence-electron chi connectivity index (χ4n) is 7.88. The topological polar surface area (TPSA) is 94.8 Å². The molecule has 5 atom stereocenters. The van der Waals surface area contributed by atoms with Gasteiger partial charge in [0.15, 0.2) is 12.6 Å². The Morgan fingerprint density at radius 3 is 2.11 bits per heavy atom. The zero-order valence-electron chi connectivity index (χ0n) is 20.8. The molecule has 5 heteroatoms. The van der Waals surface area contributed by atoms with Gasteiger partial charge in [-0.1, -0.05) is 51.1 Å². The van der Waals surface area contributed by atoms with E-state index >= 15 is 0 Å². The van der Waals surface area contributed by atoms with E-state index in [1.165, 1.54) is 12.3 Å². The lowest BCUT2D eigenvalue weighted by atomic mass is 9.46. The number of carbonyl (C=O) groups excluding carboxylic acids is 2. The van der Waals surface area contributed by atoms with Gasteiger partial charge in [-0.15, -0.1) is 0 Å². The number of benzene rings is 2. The van der Waals surface area contributed by atoms with Crippen molar-refractivity contribution in [1.29, 1.82) is 0 Å². The third-order valence-corrected chi connectivity index (χ3v) is 9.73. The van der Waals surface area contributed by atoms with Gasteiger partial charge < -0.3 is 15.3 Å². The fraction of sp³-hybridized carbons (Fsp3) is 0.500. The normalized spacial score (nSPS) is 29.9. The second-order valence-corrected chi connectivity index (χ2v) is 12.0. The molecule has 3 N–H and O–H groups in total. The minimum atomic E-state index is -0.683. The van der Waals surface area contributed by atoms with Gasteiger partial charge in [0.05, 0.1) is 35.8 Å². The van der Waals surface area contributed by atoms with Crippen LogP contribution in [0.3, 0.4) is 0 Å². The van der Waals surface area contributed by atoms with Crippen LogP contribution >= 0.6 is 0 Å². The van der Waals surface area contributed by atoms with Crippen LogP contribution in [0.4, 0.5) is 0 Å². The lowest BCUT2D eigenvalue weighted by molar-refractivity contribution is -0.0908. The van der Waals surface area contributed by atoms with E-state index in [-0.39, 0.29) is 28.0 Å². The number of phenols is 3. The first-order valence-corrected chi connectivity index (χ1v) is 12.7. The van der Waals surface area contributed by atoms with Gasteiger partial charge >= 0.3 is 0 Å². The van der Waals surface area contributed by atoms with E-state index in [0.29, 0.717) is 23.9 Å². The maximum atomic E-state index is 11.8. The van der Waals surface area contributed by atoms with Crippen LogP contribution in [0.25, 0.3) is 0 Å². The van der Waals surface area contributed by atoms with Crippen LogP contribution in [0, 0.1) is 34.5 Å². The van der Waals surface area contributed by atoms with Crippen LogP contribution in [0.1, 0.15) is 97.1 Å². The number of carbonyl (C=O) groups is 2. The summed E-state index contributed by atoms with van der Waals surface area (Å²) in [4.78, 5) is 23.6. The Morgan fingerprint density at radius 1 is 0.914 bits per heavy atom. The van der Waals surface area contributed by atoms with Crippen molar-refractivity contribution in [1.82, 2.24) is 0 Å². The van der Waals surface area contributed by atoms with Gasteiger partial charge in [0, 0.05) is 11.0 Å². The summed E-state index contributed by atoms with van der Waals surface area (Å²) in [7, 11) is 0. The summed E-state index contributed by atoms with van der Waals surface area (Å²) in [5.41, 5.74) is 0.980. The quantitative estimate of drug-likeness (QED) is 0.344. The van der Waals surface area contributed by atoms with Gasteiger partial charge in [0.2, 0.25) is 0 Å². The molecule has 1 unspecified atom stereocenters. The molecule has 3 fully saturated rings. The lowest BCUT2D eigenvalue weighted by Gasteiger charge is -2.57. The second kappa shape index (κ2) is 8.32. The van der Waals surface area contributed by atoms with Crippen molar-refractivity contribution in [2.24, 2.45) is 28.6 Å². The number of fused-ring (bicyclic) bond motifs is 4. The summed E-state index contributed by atoms with van der Waals surface area (Å²) in [6.07, 6.45) is 7.10. The molecule has 3 aliphatic rings. The molecule has 5 nitrogen and oxygen atoms in total. The van der Waals surface area contributed by atoms with Crippen molar-refractivity contribution in [3.05, 3.63) is 58.5 Å². The molecule has 0 aromatic heterocycles. The third-order valence-electron chi connectivity index (χ3n) is 9.73. The van der Waals surface area contributed by atoms with Crippen LogP contribution in [0.15, 0.2) is 30.3 Å². The molecule has 0 spiro atoms. The fourth-order valence-corrected chi connectivity index (χ4v) is 7.88. The van der Waals surface area contributed by atoms with Gasteiger partial charge in [-0.3, -0.25) is 9.59 Å². The number of phenolic OH excluding ortho intramolecular Hbond substituents is 3. The van der Waals surface area contributed by atoms with Crippen LogP contribution < -0.4 is 0 Å². The standard InChI is InChI=1S/C30H34O5/c1-29(2)14-23-22(29)10-9-18-13-30(23,3)12-11-19(18)24(17-7-5-4-6-8-17)25-27(34)20(15-31)26(33)21(16-32)28(25)35/h4-8,15-16,19,22-24H,9-14H2,1-3H3,(H2-,31,32,33,34,35)/p+1/t19?,22-,23+,24+,30+/m1/s1.